The summed E-state index contributed by atoms with van der Waals surface area (Å²) in [6, 6.07) is -0.313. The van der Waals surface area contributed by atoms with Crippen molar-refractivity contribution in [3.05, 3.63) is 0 Å². The number of hydrogen-bond donors (Lipinski definition) is 3. The van der Waals surface area contributed by atoms with Crippen LogP contribution in [-0.2, 0) is 4.79 Å². The molecule has 3 N–H and O–H groups in total. The van der Waals surface area contributed by atoms with Gasteiger partial charge in [0.2, 0.25) is 0 Å². The highest BCUT2D eigenvalue weighted by atomic mass is 16.4. The Morgan fingerprint density at radius 2 is 1.89 bits per heavy atom. The molecule has 0 aromatic rings. The minimum absolute atomic E-state index is 0.261. The molecule has 1 aliphatic heterocycles. The van der Waals surface area contributed by atoms with Gasteiger partial charge in [-0.05, 0) is 13.0 Å². The molecule has 7 heteroatoms. The van der Waals surface area contributed by atoms with Gasteiger partial charge < -0.3 is 20.4 Å². The van der Waals surface area contributed by atoms with Crippen molar-refractivity contribution in [3.63, 3.8) is 0 Å². The van der Waals surface area contributed by atoms with Gasteiger partial charge in [-0.1, -0.05) is 6.92 Å². The molecule has 1 fully saturated rings. The van der Waals surface area contributed by atoms with Gasteiger partial charge in [-0.15, -0.1) is 0 Å². The van der Waals surface area contributed by atoms with E-state index < -0.39 is 12.1 Å². The van der Waals surface area contributed by atoms with E-state index in [0.29, 0.717) is 13.1 Å². The zero-order chi connectivity index (χ0) is 13.5. The number of nitrogens with one attached hydrogen (secondary N) is 1. The van der Waals surface area contributed by atoms with E-state index in [1.165, 1.54) is 0 Å². The number of urea groups is 1. The molecular weight excluding hydrogens is 238 g/mol. The van der Waals surface area contributed by atoms with Gasteiger partial charge in [-0.2, -0.15) is 0 Å². The van der Waals surface area contributed by atoms with Crippen LogP contribution in [0.4, 0.5) is 4.79 Å². The van der Waals surface area contributed by atoms with Gasteiger partial charge in [0, 0.05) is 26.2 Å². The van der Waals surface area contributed by atoms with Crippen LogP contribution < -0.4 is 5.32 Å². The van der Waals surface area contributed by atoms with Crippen molar-refractivity contribution in [2.24, 2.45) is 0 Å². The molecule has 1 aliphatic rings. The molecule has 0 radical (unpaired) electrons. The van der Waals surface area contributed by atoms with Gasteiger partial charge in [0.1, 0.15) is 0 Å². The molecule has 7 nitrogen and oxygen atoms in total. The number of carboxylic acid groups (broad SMARTS) is 1. The summed E-state index contributed by atoms with van der Waals surface area (Å²) in [6.07, 6.45) is -0.452. The summed E-state index contributed by atoms with van der Waals surface area (Å²) < 4.78 is 0. The van der Waals surface area contributed by atoms with Gasteiger partial charge in [-0.25, -0.2) is 9.59 Å². The van der Waals surface area contributed by atoms with Crippen LogP contribution in [0.5, 0.6) is 0 Å². The maximum Gasteiger partial charge on any atom is 0.334 e. The molecule has 0 aromatic heterocycles. The standard InChI is InChI=1S/C11H21N3O4/c1-2-3-13-4-6-14(7-5-13)11(18)12-8-9(15)10(16)17/h9,15H,2-8H2,1H3,(H,12,18)(H,16,17). The van der Waals surface area contributed by atoms with Crippen LogP contribution in [0.3, 0.4) is 0 Å². The monoisotopic (exact) mass is 259 g/mol. The smallest absolute Gasteiger partial charge is 0.334 e. The predicted octanol–water partition coefficient (Wildman–Crippen LogP) is -0.831. The molecule has 0 bridgehead atoms. The lowest BCUT2D eigenvalue weighted by Crippen LogP contribution is -2.53. The van der Waals surface area contributed by atoms with Crippen LogP contribution in [0.2, 0.25) is 0 Å². The van der Waals surface area contributed by atoms with Crippen LogP contribution in [0, 0.1) is 0 Å². The molecule has 1 saturated heterocycles. The van der Waals surface area contributed by atoms with Gasteiger partial charge in [0.15, 0.2) is 6.10 Å². The maximum absolute atomic E-state index is 11.7. The number of aliphatic carboxylic acids is 1. The first-order chi connectivity index (χ1) is 8.54. The summed E-state index contributed by atoms with van der Waals surface area (Å²) in [5.41, 5.74) is 0. The molecule has 2 amide bonds. The first-order valence-electron chi connectivity index (χ1n) is 6.20. The molecule has 0 aromatic carbocycles. The summed E-state index contributed by atoms with van der Waals surface area (Å²) in [4.78, 5) is 26.0. The predicted molar refractivity (Wildman–Crippen MR) is 65.3 cm³/mol. The Balaban J connectivity index is 2.25. The van der Waals surface area contributed by atoms with Crippen molar-refractivity contribution in [3.8, 4) is 0 Å². The summed E-state index contributed by atoms with van der Waals surface area (Å²) in [6.45, 7) is 5.83. The van der Waals surface area contributed by atoms with Crippen molar-refractivity contribution in [2.45, 2.75) is 19.4 Å². The quantitative estimate of drug-likeness (QED) is 0.599. The number of carbonyl (C=O) groups excluding carboxylic acids is 1. The summed E-state index contributed by atoms with van der Waals surface area (Å²) in [7, 11) is 0. The van der Waals surface area contributed by atoms with Crippen LogP contribution in [0.1, 0.15) is 13.3 Å². The van der Waals surface area contributed by atoms with Crippen molar-refractivity contribution in [2.75, 3.05) is 39.3 Å². The van der Waals surface area contributed by atoms with E-state index in [1.807, 2.05) is 0 Å². The van der Waals surface area contributed by atoms with Gasteiger partial charge >= 0.3 is 12.0 Å². The van der Waals surface area contributed by atoms with E-state index in [-0.39, 0.29) is 12.6 Å². The summed E-state index contributed by atoms with van der Waals surface area (Å²) in [5, 5.41) is 19.9. The lowest BCUT2D eigenvalue weighted by molar-refractivity contribution is -0.146. The van der Waals surface area contributed by atoms with Crippen LogP contribution >= 0.6 is 0 Å². The normalized spacial score (nSPS) is 18.4. The van der Waals surface area contributed by atoms with E-state index in [2.05, 4.69) is 17.1 Å². The topological polar surface area (TPSA) is 93.1 Å². The van der Waals surface area contributed by atoms with Crippen molar-refractivity contribution < 1.29 is 19.8 Å². The summed E-state index contributed by atoms with van der Waals surface area (Å²) >= 11 is 0. The second-order valence-corrected chi connectivity index (χ2v) is 4.37. The van der Waals surface area contributed by atoms with Gasteiger partial charge in [0.05, 0.1) is 6.54 Å². The summed E-state index contributed by atoms with van der Waals surface area (Å²) in [5.74, 6) is -1.33. The molecule has 0 saturated carbocycles. The minimum atomic E-state index is -1.55. The number of aliphatic hydroxyl groups is 1. The molecule has 1 atom stereocenters. The van der Waals surface area contributed by atoms with Crippen LogP contribution in [0.25, 0.3) is 0 Å². The number of hydrogen-bond acceptors (Lipinski definition) is 4. The highest BCUT2D eigenvalue weighted by molar-refractivity contribution is 5.76. The molecule has 104 valence electrons. The number of nitrogens with zero attached hydrogens (tertiary/aromatic N) is 2. The molecule has 1 rings (SSSR count). The Morgan fingerprint density at radius 1 is 1.28 bits per heavy atom. The Kier molecular flexibility index (Phi) is 5.87. The third-order valence-corrected chi connectivity index (χ3v) is 2.93. The van der Waals surface area contributed by atoms with E-state index in [9.17, 15) is 9.59 Å². The van der Waals surface area contributed by atoms with E-state index in [0.717, 1.165) is 26.1 Å². The fourth-order valence-corrected chi connectivity index (χ4v) is 1.87. The molecular formula is C11H21N3O4. The van der Waals surface area contributed by atoms with Gasteiger partial charge in [-0.3, -0.25) is 4.90 Å². The Hall–Kier alpha value is -1.34. The van der Waals surface area contributed by atoms with Crippen molar-refractivity contribution in [1.82, 2.24) is 15.1 Å². The first-order valence-corrected chi connectivity index (χ1v) is 6.20. The Morgan fingerprint density at radius 3 is 2.39 bits per heavy atom. The fraction of sp³-hybridized carbons (Fsp3) is 0.818. The minimum Gasteiger partial charge on any atom is -0.479 e. The largest absolute Gasteiger partial charge is 0.479 e. The zero-order valence-corrected chi connectivity index (χ0v) is 10.6. The highest BCUT2D eigenvalue weighted by Gasteiger charge is 2.21. The highest BCUT2D eigenvalue weighted by Crippen LogP contribution is 2.02. The molecule has 1 heterocycles. The fourth-order valence-electron chi connectivity index (χ4n) is 1.87. The first kappa shape index (κ1) is 14.7. The second kappa shape index (κ2) is 7.17. The van der Waals surface area contributed by atoms with Crippen LogP contribution in [0.15, 0.2) is 0 Å². The molecule has 18 heavy (non-hydrogen) atoms. The van der Waals surface area contributed by atoms with Crippen molar-refractivity contribution >= 4 is 12.0 Å². The average molecular weight is 259 g/mol. The Labute approximate surface area is 106 Å². The second-order valence-electron chi connectivity index (χ2n) is 4.37. The number of carbonyl (C=O) groups is 2. The average Bonchev–Trinajstić information content (AvgIpc) is 2.36. The van der Waals surface area contributed by atoms with E-state index in [4.69, 9.17) is 10.2 Å². The SMILES string of the molecule is CCCN1CCN(C(=O)NCC(O)C(=O)O)CC1. The van der Waals surface area contributed by atoms with Crippen molar-refractivity contribution in [1.29, 1.82) is 0 Å². The lowest BCUT2D eigenvalue weighted by atomic mass is 10.3. The number of aliphatic hydroxyl groups excluding tert-OH is 1. The van der Waals surface area contributed by atoms with Crippen LogP contribution in [-0.4, -0.2) is 77.4 Å². The third-order valence-electron chi connectivity index (χ3n) is 2.93. The Bertz CT molecular complexity index is 290. The maximum atomic E-state index is 11.7. The zero-order valence-electron chi connectivity index (χ0n) is 10.6. The molecule has 0 spiro atoms. The molecule has 1 unspecified atom stereocenters. The number of carboxylic acids is 1. The van der Waals surface area contributed by atoms with E-state index >= 15 is 0 Å². The number of piperazine rings is 1. The third kappa shape index (κ3) is 4.50. The number of rotatable bonds is 5. The van der Waals surface area contributed by atoms with E-state index in [1.54, 1.807) is 4.90 Å². The lowest BCUT2D eigenvalue weighted by Gasteiger charge is -2.34. The number of amides is 2. The molecule has 0 aliphatic carbocycles. The van der Waals surface area contributed by atoms with Gasteiger partial charge in [0.25, 0.3) is 0 Å².